The van der Waals surface area contributed by atoms with E-state index in [4.69, 9.17) is 14.5 Å². The summed E-state index contributed by atoms with van der Waals surface area (Å²) in [6.07, 6.45) is 2.35. The summed E-state index contributed by atoms with van der Waals surface area (Å²) < 4.78 is 15.2. The van der Waals surface area contributed by atoms with Crippen LogP contribution in [0.3, 0.4) is 0 Å². The van der Waals surface area contributed by atoms with E-state index in [1.54, 1.807) is 30.5 Å². The normalized spacial score (nSPS) is 12.2. The van der Waals surface area contributed by atoms with Crippen molar-refractivity contribution in [2.24, 2.45) is 5.10 Å². The van der Waals surface area contributed by atoms with Crippen LogP contribution < -0.4 is 15.0 Å². The fourth-order valence-corrected chi connectivity index (χ4v) is 5.21. The summed E-state index contributed by atoms with van der Waals surface area (Å²) in [5.74, 6) is 1.43. The van der Waals surface area contributed by atoms with Crippen molar-refractivity contribution in [3.8, 4) is 11.5 Å². The van der Waals surface area contributed by atoms with Crippen molar-refractivity contribution in [1.29, 1.82) is 0 Å². The summed E-state index contributed by atoms with van der Waals surface area (Å²) in [4.78, 5) is 28.9. The number of nitro groups is 1. The van der Waals surface area contributed by atoms with Crippen molar-refractivity contribution >= 4 is 70.6 Å². The van der Waals surface area contributed by atoms with E-state index in [9.17, 15) is 14.9 Å². The minimum atomic E-state index is -0.447. The number of non-ortho nitro benzene ring substituents is 1. The molecule has 4 rings (SSSR count). The first-order valence-corrected chi connectivity index (χ1v) is 14.8. The molecule has 0 bridgehead atoms. The minimum Gasteiger partial charge on any atom is -0.490 e. The number of ether oxygens (including phenoxy) is 2. The van der Waals surface area contributed by atoms with E-state index >= 15 is 0 Å². The Labute approximate surface area is 255 Å². The highest BCUT2D eigenvalue weighted by Crippen LogP contribution is 2.43. The predicted octanol–water partition coefficient (Wildman–Crippen LogP) is 7.97. The standard InChI is InChI=1S/C28H25Br3N4O5/c1-4-16(3)27-33-22-10-9-19(29)13-21(22)28(36)34(27)32-14-18-12-23(39-5-2)26(25(31)24(18)30)40-15-17-7-6-8-20(11-17)35(37)38/h6-14,16H,4-5,15H2,1-3H3/t16-/m0/s1. The molecule has 1 aromatic heterocycles. The minimum absolute atomic E-state index is 0.00311. The molecule has 40 heavy (non-hydrogen) atoms. The third kappa shape index (κ3) is 6.45. The van der Waals surface area contributed by atoms with Crippen molar-refractivity contribution in [2.45, 2.75) is 39.7 Å². The van der Waals surface area contributed by atoms with E-state index in [0.717, 1.165) is 10.9 Å². The van der Waals surface area contributed by atoms with Crippen LogP contribution in [0.4, 0.5) is 5.69 Å². The summed E-state index contributed by atoms with van der Waals surface area (Å²) in [6, 6.07) is 13.4. The SMILES string of the molecule is CCOc1cc(C=Nn2c([C@@H](C)CC)nc3ccc(Br)cc3c2=O)c(Br)c(Br)c1OCc1cccc([N+](=O)[O-])c1. The third-order valence-electron chi connectivity index (χ3n) is 6.16. The Morgan fingerprint density at radius 2 is 1.88 bits per heavy atom. The van der Waals surface area contributed by atoms with Crippen LogP contribution in [0, 0.1) is 10.1 Å². The van der Waals surface area contributed by atoms with Crippen molar-refractivity contribution in [1.82, 2.24) is 9.66 Å². The van der Waals surface area contributed by atoms with Crippen molar-refractivity contribution in [2.75, 3.05) is 6.61 Å². The van der Waals surface area contributed by atoms with Gasteiger partial charge < -0.3 is 9.47 Å². The number of halogens is 3. The maximum absolute atomic E-state index is 13.5. The fraction of sp³-hybridized carbons (Fsp3) is 0.250. The maximum Gasteiger partial charge on any atom is 0.282 e. The lowest BCUT2D eigenvalue weighted by atomic mass is 10.1. The molecule has 9 nitrogen and oxygen atoms in total. The second-order valence-electron chi connectivity index (χ2n) is 8.87. The maximum atomic E-state index is 13.5. The molecule has 0 amide bonds. The number of aromatic nitrogens is 2. The van der Waals surface area contributed by atoms with Gasteiger partial charge in [0, 0.05) is 32.6 Å². The molecular weight excluding hydrogens is 712 g/mol. The van der Waals surface area contributed by atoms with E-state index < -0.39 is 4.92 Å². The molecule has 208 valence electrons. The van der Waals surface area contributed by atoms with Gasteiger partial charge in [-0.2, -0.15) is 9.78 Å². The Morgan fingerprint density at radius 3 is 2.58 bits per heavy atom. The Morgan fingerprint density at radius 1 is 1.10 bits per heavy atom. The highest BCUT2D eigenvalue weighted by molar-refractivity contribution is 9.13. The molecule has 0 N–H and O–H groups in total. The molecule has 0 aliphatic rings. The summed E-state index contributed by atoms with van der Waals surface area (Å²) in [5, 5.41) is 16.2. The summed E-state index contributed by atoms with van der Waals surface area (Å²) >= 11 is 10.6. The van der Waals surface area contributed by atoms with Gasteiger partial charge in [0.15, 0.2) is 11.5 Å². The second-order valence-corrected chi connectivity index (χ2v) is 11.4. The zero-order valence-electron chi connectivity index (χ0n) is 21.9. The van der Waals surface area contributed by atoms with Crippen LogP contribution in [-0.4, -0.2) is 27.4 Å². The third-order valence-corrected chi connectivity index (χ3v) is 8.80. The smallest absolute Gasteiger partial charge is 0.282 e. The first-order chi connectivity index (χ1) is 19.1. The van der Waals surface area contributed by atoms with Crippen LogP contribution in [-0.2, 0) is 6.61 Å². The number of hydrogen-bond donors (Lipinski definition) is 0. The molecule has 12 heteroatoms. The molecule has 0 saturated carbocycles. The highest BCUT2D eigenvalue weighted by atomic mass is 79.9. The quantitative estimate of drug-likeness (QED) is 0.0929. The molecule has 0 fully saturated rings. The van der Waals surface area contributed by atoms with E-state index in [2.05, 4.69) is 52.9 Å². The Kier molecular flexibility index (Phi) is 9.75. The number of nitro benzene ring substituents is 1. The monoisotopic (exact) mass is 734 g/mol. The summed E-state index contributed by atoms with van der Waals surface area (Å²) in [5.41, 5.74) is 1.60. The van der Waals surface area contributed by atoms with Gasteiger partial charge in [0.2, 0.25) is 0 Å². The largest absolute Gasteiger partial charge is 0.490 e. The van der Waals surface area contributed by atoms with Crippen molar-refractivity contribution in [3.63, 3.8) is 0 Å². The van der Waals surface area contributed by atoms with Gasteiger partial charge in [-0.3, -0.25) is 14.9 Å². The Hall–Kier alpha value is -3.09. The molecule has 0 aliphatic heterocycles. The lowest BCUT2D eigenvalue weighted by Crippen LogP contribution is -2.23. The van der Waals surface area contributed by atoms with Gasteiger partial charge in [-0.15, -0.1) is 0 Å². The van der Waals surface area contributed by atoms with Gasteiger partial charge in [0.25, 0.3) is 11.2 Å². The van der Waals surface area contributed by atoms with Gasteiger partial charge in [-0.25, -0.2) is 4.98 Å². The lowest BCUT2D eigenvalue weighted by molar-refractivity contribution is -0.384. The zero-order valence-corrected chi connectivity index (χ0v) is 26.6. The molecule has 0 unspecified atom stereocenters. The second kappa shape index (κ2) is 13.0. The number of fused-ring (bicyclic) bond motifs is 1. The molecule has 4 aromatic rings. The van der Waals surface area contributed by atoms with E-state index in [-0.39, 0.29) is 23.8 Å². The van der Waals surface area contributed by atoms with Gasteiger partial charge in [-0.05, 0) is 75.0 Å². The van der Waals surface area contributed by atoms with Crippen molar-refractivity contribution < 1.29 is 14.4 Å². The fourth-order valence-electron chi connectivity index (χ4n) is 3.91. The Balaban J connectivity index is 1.75. The molecule has 0 spiro atoms. The zero-order chi connectivity index (χ0) is 29.0. The van der Waals surface area contributed by atoms with Gasteiger partial charge in [0.05, 0.1) is 33.1 Å². The van der Waals surface area contributed by atoms with Crippen LogP contribution in [0.5, 0.6) is 11.5 Å². The molecule has 3 aromatic carbocycles. The summed E-state index contributed by atoms with van der Waals surface area (Å²) in [7, 11) is 0. The van der Waals surface area contributed by atoms with Crippen LogP contribution in [0.2, 0.25) is 0 Å². The first-order valence-electron chi connectivity index (χ1n) is 12.4. The number of hydrogen-bond acceptors (Lipinski definition) is 7. The topological polar surface area (TPSA) is 109 Å². The molecule has 0 radical (unpaired) electrons. The van der Waals surface area contributed by atoms with Gasteiger partial charge in [0.1, 0.15) is 12.4 Å². The van der Waals surface area contributed by atoms with Crippen LogP contribution >= 0.6 is 47.8 Å². The van der Waals surface area contributed by atoms with Crippen LogP contribution in [0.15, 0.2) is 71.8 Å². The van der Waals surface area contributed by atoms with E-state index in [0.29, 0.717) is 54.9 Å². The van der Waals surface area contributed by atoms with E-state index in [1.807, 2.05) is 32.9 Å². The lowest BCUT2D eigenvalue weighted by Gasteiger charge is -2.17. The van der Waals surface area contributed by atoms with Gasteiger partial charge >= 0.3 is 0 Å². The molecule has 1 heterocycles. The molecule has 1 atom stereocenters. The summed E-state index contributed by atoms with van der Waals surface area (Å²) in [6.45, 7) is 6.35. The average Bonchev–Trinajstić information content (AvgIpc) is 2.94. The first kappa shape index (κ1) is 29.9. The highest BCUT2D eigenvalue weighted by Gasteiger charge is 2.19. The molecular formula is C28H25Br3N4O5. The Bertz CT molecular complexity index is 1670. The molecule has 0 saturated heterocycles. The number of nitrogens with zero attached hydrogens (tertiary/aromatic N) is 4. The number of benzene rings is 3. The van der Waals surface area contributed by atoms with Gasteiger partial charge in [-0.1, -0.05) is 41.9 Å². The number of rotatable bonds is 10. The molecule has 0 aliphatic carbocycles. The van der Waals surface area contributed by atoms with E-state index in [1.165, 1.54) is 16.8 Å². The van der Waals surface area contributed by atoms with Crippen LogP contribution in [0.25, 0.3) is 10.9 Å². The van der Waals surface area contributed by atoms with Crippen molar-refractivity contribution in [3.05, 3.63) is 99.4 Å². The predicted molar refractivity (Wildman–Crippen MR) is 166 cm³/mol. The van der Waals surface area contributed by atoms with Crippen LogP contribution in [0.1, 0.15) is 50.1 Å². The average molecular weight is 737 g/mol.